The predicted octanol–water partition coefficient (Wildman–Crippen LogP) is 1.03. The van der Waals surface area contributed by atoms with Crippen LogP contribution in [-0.4, -0.2) is 44.2 Å². The Morgan fingerprint density at radius 3 is 2.65 bits per heavy atom. The number of aldehydes is 1. The number of carbonyl (C=O) groups is 1. The summed E-state index contributed by atoms with van der Waals surface area (Å²) >= 11 is 0. The summed E-state index contributed by atoms with van der Waals surface area (Å²) < 4.78 is 23.0. The Kier molecular flexibility index (Phi) is 3.76. The van der Waals surface area contributed by atoms with Gasteiger partial charge in [0.25, 0.3) is 5.69 Å². The average Bonchev–Trinajstić information content (AvgIpc) is 2.77. The lowest BCUT2D eigenvalue weighted by Gasteiger charge is -2.25. The Bertz CT molecular complexity index is 656. The molecule has 0 radical (unpaired) electrons. The van der Waals surface area contributed by atoms with E-state index in [0.29, 0.717) is 18.4 Å². The van der Waals surface area contributed by atoms with Crippen LogP contribution in [0, 0.1) is 10.1 Å². The van der Waals surface area contributed by atoms with Gasteiger partial charge in [0.05, 0.1) is 16.4 Å². The van der Waals surface area contributed by atoms with E-state index in [0.717, 1.165) is 0 Å². The number of nitro benzene ring substituents is 1. The Balaban J connectivity index is 2.37. The van der Waals surface area contributed by atoms with E-state index >= 15 is 0 Å². The number of anilines is 1. The average molecular weight is 298 g/mol. The van der Waals surface area contributed by atoms with Crippen LogP contribution in [0.15, 0.2) is 18.2 Å². The smallest absolute Gasteiger partial charge is 0.293 e. The van der Waals surface area contributed by atoms with Crippen molar-refractivity contribution in [2.24, 2.45) is 0 Å². The van der Waals surface area contributed by atoms with E-state index in [1.165, 1.54) is 18.2 Å². The molecule has 7 nitrogen and oxygen atoms in total. The first-order chi connectivity index (χ1) is 9.34. The van der Waals surface area contributed by atoms with Crippen LogP contribution in [0.25, 0.3) is 0 Å². The quantitative estimate of drug-likeness (QED) is 0.468. The fourth-order valence-corrected chi connectivity index (χ4v) is 4.11. The van der Waals surface area contributed by atoms with Crippen molar-refractivity contribution in [3.8, 4) is 0 Å². The molecule has 1 fully saturated rings. The summed E-state index contributed by atoms with van der Waals surface area (Å²) in [7, 11) is -1.43. The molecule has 1 aromatic carbocycles. The van der Waals surface area contributed by atoms with Gasteiger partial charge >= 0.3 is 0 Å². The fraction of sp³-hybridized carbons (Fsp3) is 0.417. The maximum atomic E-state index is 11.5. The Morgan fingerprint density at radius 2 is 2.15 bits per heavy atom. The molecule has 1 aliphatic rings. The number of nitrogens with zero attached hydrogens (tertiary/aromatic N) is 2. The van der Waals surface area contributed by atoms with E-state index in [9.17, 15) is 23.3 Å². The molecule has 0 N–H and O–H groups in total. The van der Waals surface area contributed by atoms with E-state index in [2.05, 4.69) is 0 Å². The highest BCUT2D eigenvalue weighted by atomic mass is 32.2. The van der Waals surface area contributed by atoms with Gasteiger partial charge in [-0.25, -0.2) is 8.42 Å². The zero-order valence-electron chi connectivity index (χ0n) is 10.9. The lowest BCUT2D eigenvalue weighted by atomic mass is 10.1. The van der Waals surface area contributed by atoms with Crippen molar-refractivity contribution in [3.05, 3.63) is 33.9 Å². The van der Waals surface area contributed by atoms with Gasteiger partial charge in [0, 0.05) is 24.7 Å². The van der Waals surface area contributed by atoms with Crippen molar-refractivity contribution in [2.75, 3.05) is 23.5 Å². The highest BCUT2D eigenvalue weighted by molar-refractivity contribution is 7.91. The zero-order valence-corrected chi connectivity index (χ0v) is 11.7. The first-order valence-electron chi connectivity index (χ1n) is 6.01. The summed E-state index contributed by atoms with van der Waals surface area (Å²) in [5.41, 5.74) is 0.344. The van der Waals surface area contributed by atoms with Crippen molar-refractivity contribution >= 4 is 27.5 Å². The van der Waals surface area contributed by atoms with Gasteiger partial charge in [-0.05, 0) is 18.6 Å². The molecule has 1 aliphatic heterocycles. The molecule has 1 saturated heterocycles. The van der Waals surface area contributed by atoms with Gasteiger partial charge in [-0.1, -0.05) is 0 Å². The first kappa shape index (κ1) is 14.4. The molecule has 0 amide bonds. The molecule has 1 aromatic rings. The monoisotopic (exact) mass is 298 g/mol. The molecule has 0 bridgehead atoms. The second-order valence-electron chi connectivity index (χ2n) is 4.79. The van der Waals surface area contributed by atoms with Crippen molar-refractivity contribution in [3.63, 3.8) is 0 Å². The molecule has 20 heavy (non-hydrogen) atoms. The minimum Gasteiger partial charge on any atom is -0.365 e. The molecule has 1 atom stereocenters. The standard InChI is InChI=1S/C12H14N2O5S/c1-13(10-4-5-20(18,19)8-10)11-3-2-9(7-15)6-12(11)14(16)17/h2-3,6-7,10H,4-5,8H2,1H3. The van der Waals surface area contributed by atoms with Crippen LogP contribution in [0.3, 0.4) is 0 Å². The van der Waals surface area contributed by atoms with Gasteiger partial charge in [0.2, 0.25) is 0 Å². The molecule has 1 heterocycles. The van der Waals surface area contributed by atoms with Gasteiger partial charge in [-0.15, -0.1) is 0 Å². The van der Waals surface area contributed by atoms with Crippen molar-refractivity contribution in [1.29, 1.82) is 0 Å². The number of sulfone groups is 1. The normalized spacial score (nSPS) is 20.6. The maximum absolute atomic E-state index is 11.5. The second kappa shape index (κ2) is 5.20. The summed E-state index contributed by atoms with van der Waals surface area (Å²) in [4.78, 5) is 22.8. The molecular weight excluding hydrogens is 284 g/mol. The Hall–Kier alpha value is -1.96. The Labute approximate surface area is 116 Å². The van der Waals surface area contributed by atoms with Gasteiger partial charge < -0.3 is 4.90 Å². The van der Waals surface area contributed by atoms with E-state index in [-0.39, 0.29) is 28.8 Å². The van der Waals surface area contributed by atoms with Crippen molar-refractivity contribution < 1.29 is 18.1 Å². The third-order valence-corrected chi connectivity index (χ3v) is 5.22. The predicted molar refractivity (Wildman–Crippen MR) is 73.9 cm³/mol. The van der Waals surface area contributed by atoms with Crippen molar-refractivity contribution in [2.45, 2.75) is 12.5 Å². The summed E-state index contributed by atoms with van der Waals surface area (Å²) in [5.74, 6) is 0.0955. The minimum atomic E-state index is -3.06. The summed E-state index contributed by atoms with van der Waals surface area (Å²) in [6.07, 6.45) is 0.988. The maximum Gasteiger partial charge on any atom is 0.293 e. The first-order valence-corrected chi connectivity index (χ1v) is 7.83. The summed E-state index contributed by atoms with van der Waals surface area (Å²) in [5, 5.41) is 11.1. The van der Waals surface area contributed by atoms with Gasteiger partial charge in [-0.2, -0.15) is 0 Å². The third kappa shape index (κ3) is 2.79. The number of rotatable bonds is 4. The lowest BCUT2D eigenvalue weighted by Crippen LogP contribution is -2.33. The van der Waals surface area contributed by atoms with Crippen molar-refractivity contribution in [1.82, 2.24) is 0 Å². The van der Waals surface area contributed by atoms with E-state index in [1.54, 1.807) is 11.9 Å². The number of hydrogen-bond donors (Lipinski definition) is 0. The lowest BCUT2D eigenvalue weighted by molar-refractivity contribution is -0.384. The van der Waals surface area contributed by atoms with Gasteiger partial charge in [0.1, 0.15) is 12.0 Å². The number of carbonyl (C=O) groups excluding carboxylic acids is 1. The molecule has 108 valence electrons. The van der Waals surface area contributed by atoms with Gasteiger partial charge in [0.15, 0.2) is 9.84 Å². The highest BCUT2D eigenvalue weighted by Gasteiger charge is 2.33. The van der Waals surface area contributed by atoms with Crippen LogP contribution >= 0.6 is 0 Å². The number of benzene rings is 1. The zero-order chi connectivity index (χ0) is 14.9. The molecule has 0 aromatic heterocycles. The topological polar surface area (TPSA) is 97.6 Å². The highest BCUT2D eigenvalue weighted by Crippen LogP contribution is 2.31. The molecule has 8 heteroatoms. The molecular formula is C12H14N2O5S. The van der Waals surface area contributed by atoms with Crippen LogP contribution in [-0.2, 0) is 9.84 Å². The summed E-state index contributed by atoms with van der Waals surface area (Å²) in [6, 6.07) is 3.88. The Morgan fingerprint density at radius 1 is 1.45 bits per heavy atom. The molecule has 0 spiro atoms. The van der Waals surface area contributed by atoms with Crippen LogP contribution in [0.5, 0.6) is 0 Å². The van der Waals surface area contributed by atoms with E-state index in [4.69, 9.17) is 0 Å². The fourth-order valence-electron chi connectivity index (χ4n) is 2.34. The molecule has 1 unspecified atom stereocenters. The minimum absolute atomic E-state index is 0.00388. The number of hydrogen-bond acceptors (Lipinski definition) is 6. The van der Waals surface area contributed by atoms with E-state index < -0.39 is 14.8 Å². The molecule has 2 rings (SSSR count). The van der Waals surface area contributed by atoms with Crippen LogP contribution in [0.4, 0.5) is 11.4 Å². The van der Waals surface area contributed by atoms with Gasteiger partial charge in [-0.3, -0.25) is 14.9 Å². The third-order valence-electron chi connectivity index (χ3n) is 3.47. The molecule has 0 saturated carbocycles. The molecule has 0 aliphatic carbocycles. The van der Waals surface area contributed by atoms with Crippen LogP contribution in [0.1, 0.15) is 16.8 Å². The largest absolute Gasteiger partial charge is 0.365 e. The summed E-state index contributed by atoms with van der Waals surface area (Å²) in [6.45, 7) is 0. The van der Waals surface area contributed by atoms with Crippen LogP contribution < -0.4 is 4.90 Å². The second-order valence-corrected chi connectivity index (χ2v) is 7.02. The number of nitro groups is 1. The van der Waals surface area contributed by atoms with Crippen LogP contribution in [0.2, 0.25) is 0 Å². The SMILES string of the molecule is CN(c1ccc(C=O)cc1[N+](=O)[O-])C1CCS(=O)(=O)C1. The van der Waals surface area contributed by atoms with E-state index in [1.807, 2.05) is 0 Å².